The first-order chi connectivity index (χ1) is 9.90. The minimum atomic E-state index is -1.50. The van der Waals surface area contributed by atoms with E-state index in [0.717, 1.165) is 0 Å². The SMILES string of the molecule is O=C(NCc1ccc(Cl)s1)c1c(F)ccc([N+](=O)[O-])c1F. The van der Waals surface area contributed by atoms with Gasteiger partial charge in [-0.05, 0) is 18.2 Å². The highest BCUT2D eigenvalue weighted by Gasteiger charge is 2.26. The van der Waals surface area contributed by atoms with E-state index in [2.05, 4.69) is 5.32 Å². The molecule has 9 heteroatoms. The average Bonchev–Trinajstić information content (AvgIpc) is 2.82. The summed E-state index contributed by atoms with van der Waals surface area (Å²) < 4.78 is 27.8. The number of thiophene rings is 1. The number of nitrogens with one attached hydrogen (secondary N) is 1. The number of hydrogen-bond donors (Lipinski definition) is 1. The normalized spacial score (nSPS) is 10.4. The lowest BCUT2D eigenvalue weighted by Gasteiger charge is -2.06. The Morgan fingerprint density at radius 1 is 1.33 bits per heavy atom. The van der Waals surface area contributed by atoms with Crippen LogP contribution in [0.3, 0.4) is 0 Å². The van der Waals surface area contributed by atoms with E-state index in [0.29, 0.717) is 21.3 Å². The van der Waals surface area contributed by atoms with Crippen molar-refractivity contribution in [3.8, 4) is 0 Å². The largest absolute Gasteiger partial charge is 0.347 e. The zero-order valence-corrected chi connectivity index (χ0v) is 11.8. The van der Waals surface area contributed by atoms with E-state index in [4.69, 9.17) is 11.6 Å². The van der Waals surface area contributed by atoms with Crippen LogP contribution in [-0.2, 0) is 6.54 Å². The van der Waals surface area contributed by atoms with Gasteiger partial charge in [0.25, 0.3) is 5.91 Å². The molecule has 1 amide bonds. The second kappa shape index (κ2) is 6.15. The van der Waals surface area contributed by atoms with Gasteiger partial charge in [0.2, 0.25) is 5.82 Å². The summed E-state index contributed by atoms with van der Waals surface area (Å²) in [6.45, 7) is 0.0117. The van der Waals surface area contributed by atoms with E-state index in [9.17, 15) is 23.7 Å². The number of nitro groups is 1. The van der Waals surface area contributed by atoms with Crippen molar-refractivity contribution in [3.05, 3.63) is 60.8 Å². The molecular weight excluding hydrogens is 326 g/mol. The number of rotatable bonds is 4. The van der Waals surface area contributed by atoms with Crippen molar-refractivity contribution >= 4 is 34.5 Å². The third-order valence-electron chi connectivity index (χ3n) is 2.55. The Labute approximate surface area is 126 Å². The quantitative estimate of drug-likeness (QED) is 0.687. The lowest BCUT2D eigenvalue weighted by atomic mass is 10.1. The lowest BCUT2D eigenvalue weighted by Crippen LogP contribution is -2.25. The minimum absolute atomic E-state index is 0.0117. The molecule has 0 radical (unpaired) electrons. The average molecular weight is 333 g/mol. The van der Waals surface area contributed by atoms with Crippen LogP contribution in [-0.4, -0.2) is 10.8 Å². The maximum Gasteiger partial charge on any atom is 0.305 e. The summed E-state index contributed by atoms with van der Waals surface area (Å²) in [5.41, 5.74) is -1.94. The standard InChI is InChI=1S/C12H7ClF2N2O3S/c13-9-4-1-6(21-9)5-16-12(18)10-7(14)2-3-8(11(10)15)17(19)20/h1-4H,5H2,(H,16,18). The predicted octanol–water partition coefficient (Wildman–Crippen LogP) is 3.52. The van der Waals surface area contributed by atoms with Gasteiger partial charge < -0.3 is 5.32 Å². The molecule has 0 aliphatic carbocycles. The number of amides is 1. The molecule has 0 aliphatic rings. The lowest BCUT2D eigenvalue weighted by molar-refractivity contribution is -0.387. The van der Waals surface area contributed by atoms with Gasteiger partial charge in [-0.25, -0.2) is 4.39 Å². The van der Waals surface area contributed by atoms with Crippen LogP contribution >= 0.6 is 22.9 Å². The molecule has 5 nitrogen and oxygen atoms in total. The zero-order chi connectivity index (χ0) is 15.6. The van der Waals surface area contributed by atoms with Gasteiger partial charge in [0, 0.05) is 10.9 Å². The summed E-state index contributed by atoms with van der Waals surface area (Å²) in [7, 11) is 0. The summed E-state index contributed by atoms with van der Waals surface area (Å²) >= 11 is 6.91. The minimum Gasteiger partial charge on any atom is -0.347 e. The highest BCUT2D eigenvalue weighted by atomic mass is 35.5. The van der Waals surface area contributed by atoms with Gasteiger partial charge in [-0.3, -0.25) is 14.9 Å². The number of nitrogens with zero attached hydrogens (tertiary/aromatic N) is 1. The van der Waals surface area contributed by atoms with E-state index in [1.807, 2.05) is 0 Å². The molecule has 0 bridgehead atoms. The molecule has 2 rings (SSSR count). The number of nitro benzene ring substituents is 1. The molecule has 0 aliphatic heterocycles. The first-order valence-electron chi connectivity index (χ1n) is 5.55. The molecule has 110 valence electrons. The number of carbonyl (C=O) groups is 1. The van der Waals surface area contributed by atoms with Gasteiger partial charge >= 0.3 is 5.69 Å². The van der Waals surface area contributed by atoms with Gasteiger partial charge in [0.1, 0.15) is 11.4 Å². The number of hydrogen-bond acceptors (Lipinski definition) is 4. The van der Waals surface area contributed by atoms with Crippen LogP contribution in [0.4, 0.5) is 14.5 Å². The Bertz CT molecular complexity index is 721. The van der Waals surface area contributed by atoms with E-state index >= 15 is 0 Å². The summed E-state index contributed by atoms with van der Waals surface area (Å²) in [6.07, 6.45) is 0. The Hall–Kier alpha value is -2.06. The highest BCUT2D eigenvalue weighted by molar-refractivity contribution is 7.16. The van der Waals surface area contributed by atoms with E-state index < -0.39 is 33.7 Å². The zero-order valence-electron chi connectivity index (χ0n) is 10.2. The second-order valence-electron chi connectivity index (χ2n) is 3.90. The number of halogens is 3. The predicted molar refractivity (Wildman–Crippen MR) is 73.5 cm³/mol. The Balaban J connectivity index is 2.22. The van der Waals surface area contributed by atoms with Gasteiger partial charge in [-0.1, -0.05) is 11.6 Å². The molecule has 1 N–H and O–H groups in total. The molecule has 1 aromatic heterocycles. The van der Waals surface area contributed by atoms with Gasteiger partial charge in [-0.2, -0.15) is 4.39 Å². The molecule has 0 fully saturated rings. The first kappa shape index (κ1) is 15.3. The van der Waals surface area contributed by atoms with Crippen molar-refractivity contribution in [1.82, 2.24) is 5.32 Å². The molecule has 1 heterocycles. The van der Waals surface area contributed by atoms with E-state index in [1.165, 1.54) is 11.3 Å². The van der Waals surface area contributed by atoms with Crippen molar-refractivity contribution in [2.24, 2.45) is 0 Å². The van der Waals surface area contributed by atoms with Crippen LogP contribution in [0, 0.1) is 21.7 Å². The summed E-state index contributed by atoms with van der Waals surface area (Å²) in [6, 6.07) is 4.61. The fraction of sp³-hybridized carbons (Fsp3) is 0.0833. The van der Waals surface area contributed by atoms with Crippen molar-refractivity contribution in [2.45, 2.75) is 6.54 Å². The fourth-order valence-corrected chi connectivity index (χ4v) is 2.62. The molecule has 0 unspecified atom stereocenters. The van der Waals surface area contributed by atoms with Crippen LogP contribution in [0.5, 0.6) is 0 Å². The Morgan fingerprint density at radius 2 is 2.05 bits per heavy atom. The maximum absolute atomic E-state index is 13.8. The summed E-state index contributed by atoms with van der Waals surface area (Å²) in [5, 5.41) is 12.9. The van der Waals surface area contributed by atoms with Crippen molar-refractivity contribution in [1.29, 1.82) is 0 Å². The Kier molecular flexibility index (Phi) is 4.49. The molecule has 0 spiro atoms. The van der Waals surface area contributed by atoms with Crippen LogP contribution in [0.15, 0.2) is 24.3 Å². The van der Waals surface area contributed by atoms with Crippen LogP contribution in [0.25, 0.3) is 0 Å². The van der Waals surface area contributed by atoms with E-state index in [-0.39, 0.29) is 6.54 Å². The van der Waals surface area contributed by atoms with Gasteiger partial charge in [-0.15, -0.1) is 11.3 Å². The van der Waals surface area contributed by atoms with E-state index in [1.54, 1.807) is 12.1 Å². The third-order valence-corrected chi connectivity index (χ3v) is 3.78. The molecule has 0 saturated heterocycles. The van der Waals surface area contributed by atoms with Crippen LogP contribution in [0.1, 0.15) is 15.2 Å². The number of carbonyl (C=O) groups excluding carboxylic acids is 1. The van der Waals surface area contributed by atoms with Gasteiger partial charge in [0.15, 0.2) is 0 Å². The van der Waals surface area contributed by atoms with Crippen molar-refractivity contribution < 1.29 is 18.5 Å². The summed E-state index contributed by atoms with van der Waals surface area (Å²) in [4.78, 5) is 22.0. The third kappa shape index (κ3) is 3.34. The van der Waals surface area contributed by atoms with Crippen molar-refractivity contribution in [2.75, 3.05) is 0 Å². The maximum atomic E-state index is 13.8. The molecular formula is C12H7ClF2N2O3S. The topological polar surface area (TPSA) is 72.2 Å². The monoisotopic (exact) mass is 332 g/mol. The number of benzene rings is 1. The second-order valence-corrected chi connectivity index (χ2v) is 5.70. The van der Waals surface area contributed by atoms with Gasteiger partial charge in [0.05, 0.1) is 15.8 Å². The Morgan fingerprint density at radius 3 is 2.62 bits per heavy atom. The smallest absolute Gasteiger partial charge is 0.305 e. The molecule has 0 atom stereocenters. The molecule has 2 aromatic rings. The fourth-order valence-electron chi connectivity index (χ4n) is 1.59. The van der Waals surface area contributed by atoms with Crippen LogP contribution < -0.4 is 5.32 Å². The summed E-state index contributed by atoms with van der Waals surface area (Å²) in [5.74, 6) is -3.74. The van der Waals surface area contributed by atoms with Crippen LogP contribution in [0.2, 0.25) is 4.34 Å². The van der Waals surface area contributed by atoms with Crippen molar-refractivity contribution in [3.63, 3.8) is 0 Å². The molecule has 1 aromatic carbocycles. The first-order valence-corrected chi connectivity index (χ1v) is 6.74. The molecule has 0 saturated carbocycles. The molecule has 21 heavy (non-hydrogen) atoms. The highest BCUT2D eigenvalue weighted by Crippen LogP contribution is 2.24.